The van der Waals surface area contributed by atoms with Crippen LogP contribution in [-0.4, -0.2) is 20.2 Å². The van der Waals surface area contributed by atoms with E-state index in [1.165, 1.54) is 5.56 Å². The molecular weight excluding hydrogens is 482 g/mol. The van der Waals surface area contributed by atoms with Crippen LogP contribution in [-0.2, 0) is 5.54 Å². The van der Waals surface area contributed by atoms with E-state index in [0.29, 0.717) is 10.9 Å². The van der Waals surface area contributed by atoms with E-state index >= 15 is 0 Å². The Balaban J connectivity index is 1.43. The average molecular weight is 516 g/mol. The molecule has 1 heterocycles. The second kappa shape index (κ2) is 10.2. The molecule has 0 radical (unpaired) electrons. The zero-order chi connectivity index (χ0) is 26.0. The first-order valence-electron chi connectivity index (χ1n) is 12.9. The second-order valence-electron chi connectivity index (χ2n) is 11.2. The third-order valence-electron chi connectivity index (χ3n) is 7.53. The molecular formula is C30H34ClN5O. The van der Waals surface area contributed by atoms with Crippen LogP contribution in [0, 0.1) is 18.3 Å². The minimum Gasteiger partial charge on any atom is -0.457 e. The molecule has 192 valence electrons. The quantitative estimate of drug-likeness (QED) is 0.282. The summed E-state index contributed by atoms with van der Waals surface area (Å²) >= 11 is 5.99. The summed E-state index contributed by atoms with van der Waals surface area (Å²) in [7, 11) is 0. The summed E-state index contributed by atoms with van der Waals surface area (Å²) in [6.45, 7) is 9.11. The molecule has 0 atom stereocenters. The third-order valence-corrected chi connectivity index (χ3v) is 7.78. The number of nitrogens with zero attached hydrogens (tertiary/aromatic N) is 4. The molecule has 1 aromatic heterocycles. The van der Waals surface area contributed by atoms with Crippen molar-refractivity contribution < 1.29 is 4.74 Å². The SMILES string of the molecule is Cc1ccc(-n2nnnc2C2(Nc3ccc(Oc4ccc(Cl)cc4)cc3)CCC(C(C)(C)C)CC2)cc1. The maximum atomic E-state index is 5.99. The summed E-state index contributed by atoms with van der Waals surface area (Å²) in [5.74, 6) is 3.02. The molecule has 1 aliphatic carbocycles. The highest BCUT2D eigenvalue weighted by molar-refractivity contribution is 6.30. The van der Waals surface area contributed by atoms with E-state index in [9.17, 15) is 0 Å². The summed E-state index contributed by atoms with van der Waals surface area (Å²) in [5, 5.41) is 17.6. The van der Waals surface area contributed by atoms with Crippen molar-refractivity contribution in [2.45, 2.75) is 58.9 Å². The van der Waals surface area contributed by atoms with Crippen molar-refractivity contribution >= 4 is 17.3 Å². The smallest absolute Gasteiger partial charge is 0.181 e. The van der Waals surface area contributed by atoms with E-state index in [1.807, 2.05) is 41.1 Å². The molecule has 0 bridgehead atoms. The van der Waals surface area contributed by atoms with Crippen LogP contribution < -0.4 is 10.1 Å². The van der Waals surface area contributed by atoms with Gasteiger partial charge in [-0.25, -0.2) is 0 Å². The van der Waals surface area contributed by atoms with Gasteiger partial charge in [0.05, 0.1) is 11.2 Å². The van der Waals surface area contributed by atoms with Crippen molar-refractivity contribution in [3.63, 3.8) is 0 Å². The normalized spacial score (nSPS) is 20.0. The van der Waals surface area contributed by atoms with E-state index in [1.54, 1.807) is 0 Å². The van der Waals surface area contributed by atoms with Crippen LogP contribution in [0.25, 0.3) is 5.69 Å². The lowest BCUT2D eigenvalue weighted by Crippen LogP contribution is -2.43. The van der Waals surface area contributed by atoms with Gasteiger partial charge < -0.3 is 10.1 Å². The number of hydrogen-bond donors (Lipinski definition) is 1. The number of benzene rings is 3. The predicted octanol–water partition coefficient (Wildman–Crippen LogP) is 7.96. The Hall–Kier alpha value is -3.38. The van der Waals surface area contributed by atoms with Gasteiger partial charge in [0.1, 0.15) is 11.5 Å². The average Bonchev–Trinajstić information content (AvgIpc) is 3.38. The molecule has 1 N–H and O–H groups in total. The molecule has 1 aliphatic rings. The number of halogens is 1. The number of hydrogen-bond acceptors (Lipinski definition) is 5. The van der Waals surface area contributed by atoms with Crippen molar-refractivity contribution in [2.24, 2.45) is 11.3 Å². The standard InChI is InChI=1S/C30H34ClN5O/c1-21-5-11-25(12-6-21)36-28(33-34-35-36)30(19-17-22(18-20-30)29(2,3)4)32-24-9-15-27(16-10-24)37-26-13-7-23(31)8-14-26/h5-16,22,32H,17-20H2,1-4H3. The summed E-state index contributed by atoms with van der Waals surface area (Å²) in [6.07, 6.45) is 4.11. The minimum atomic E-state index is -0.380. The van der Waals surface area contributed by atoms with Crippen molar-refractivity contribution in [3.8, 4) is 17.2 Å². The first kappa shape index (κ1) is 25.3. The van der Waals surface area contributed by atoms with Crippen LogP contribution in [0.1, 0.15) is 57.8 Å². The third kappa shape index (κ3) is 5.64. The van der Waals surface area contributed by atoms with Gasteiger partial charge in [-0.2, -0.15) is 4.68 Å². The monoisotopic (exact) mass is 515 g/mol. The summed E-state index contributed by atoms with van der Waals surface area (Å²) in [5.41, 5.74) is 3.08. The number of aryl methyl sites for hydroxylation is 1. The van der Waals surface area contributed by atoms with Crippen LogP contribution in [0.3, 0.4) is 0 Å². The van der Waals surface area contributed by atoms with Crippen LogP contribution >= 0.6 is 11.6 Å². The molecule has 1 fully saturated rings. The maximum Gasteiger partial charge on any atom is 0.181 e. The Morgan fingerprint density at radius 3 is 2.08 bits per heavy atom. The van der Waals surface area contributed by atoms with Gasteiger partial charge in [-0.05, 0) is 115 Å². The Morgan fingerprint density at radius 2 is 1.49 bits per heavy atom. The number of tetrazole rings is 1. The van der Waals surface area contributed by atoms with E-state index in [4.69, 9.17) is 16.3 Å². The second-order valence-corrected chi connectivity index (χ2v) is 11.6. The Morgan fingerprint density at radius 1 is 0.892 bits per heavy atom. The van der Waals surface area contributed by atoms with Crippen molar-refractivity contribution in [2.75, 3.05) is 5.32 Å². The first-order valence-corrected chi connectivity index (χ1v) is 13.3. The largest absolute Gasteiger partial charge is 0.457 e. The summed E-state index contributed by atoms with van der Waals surface area (Å²) in [6, 6.07) is 23.8. The molecule has 0 amide bonds. The number of nitrogens with one attached hydrogen (secondary N) is 1. The molecule has 6 nitrogen and oxygen atoms in total. The zero-order valence-electron chi connectivity index (χ0n) is 21.9. The predicted molar refractivity (Wildman–Crippen MR) is 149 cm³/mol. The van der Waals surface area contributed by atoms with Crippen LogP contribution in [0.2, 0.25) is 5.02 Å². The fourth-order valence-corrected chi connectivity index (χ4v) is 5.37. The van der Waals surface area contributed by atoms with E-state index < -0.39 is 0 Å². The highest BCUT2D eigenvalue weighted by Gasteiger charge is 2.43. The maximum absolute atomic E-state index is 5.99. The molecule has 0 saturated heterocycles. The molecule has 37 heavy (non-hydrogen) atoms. The lowest BCUT2D eigenvalue weighted by molar-refractivity contribution is 0.137. The fourth-order valence-electron chi connectivity index (χ4n) is 5.25. The summed E-state index contributed by atoms with van der Waals surface area (Å²) < 4.78 is 7.88. The molecule has 0 aliphatic heterocycles. The number of ether oxygens (including phenoxy) is 1. The lowest BCUT2D eigenvalue weighted by Gasteiger charge is -2.44. The molecule has 0 unspecified atom stereocenters. The number of anilines is 1. The van der Waals surface area contributed by atoms with E-state index in [0.717, 1.165) is 54.4 Å². The Bertz CT molecular complexity index is 1320. The molecule has 7 heteroatoms. The first-order chi connectivity index (χ1) is 17.7. The topological polar surface area (TPSA) is 64.9 Å². The van der Waals surface area contributed by atoms with Gasteiger partial charge in [0.15, 0.2) is 5.82 Å². The van der Waals surface area contributed by atoms with Crippen LogP contribution in [0.15, 0.2) is 72.8 Å². The molecule has 5 rings (SSSR count). The van der Waals surface area contributed by atoms with E-state index in [2.05, 4.69) is 84.9 Å². The van der Waals surface area contributed by atoms with E-state index in [-0.39, 0.29) is 11.0 Å². The lowest BCUT2D eigenvalue weighted by atomic mass is 9.67. The van der Waals surface area contributed by atoms with Gasteiger partial charge in [0, 0.05) is 10.7 Å². The van der Waals surface area contributed by atoms with Crippen molar-refractivity contribution in [1.29, 1.82) is 0 Å². The number of aromatic nitrogens is 4. The molecule has 3 aromatic carbocycles. The zero-order valence-corrected chi connectivity index (χ0v) is 22.7. The van der Waals surface area contributed by atoms with Gasteiger partial charge >= 0.3 is 0 Å². The molecule has 1 saturated carbocycles. The van der Waals surface area contributed by atoms with Gasteiger partial charge in [-0.15, -0.1) is 5.10 Å². The fraction of sp³-hybridized carbons (Fsp3) is 0.367. The highest BCUT2D eigenvalue weighted by atomic mass is 35.5. The van der Waals surface area contributed by atoms with Crippen molar-refractivity contribution in [1.82, 2.24) is 20.2 Å². The Labute approximate surface area is 224 Å². The summed E-state index contributed by atoms with van der Waals surface area (Å²) in [4.78, 5) is 0. The Kier molecular flexibility index (Phi) is 6.95. The van der Waals surface area contributed by atoms with Gasteiger partial charge in [0.25, 0.3) is 0 Å². The van der Waals surface area contributed by atoms with Gasteiger partial charge in [-0.1, -0.05) is 50.1 Å². The van der Waals surface area contributed by atoms with Crippen molar-refractivity contribution in [3.05, 3.63) is 89.2 Å². The number of rotatable bonds is 6. The molecule has 0 spiro atoms. The minimum absolute atomic E-state index is 0.274. The van der Waals surface area contributed by atoms with Gasteiger partial charge in [0.2, 0.25) is 0 Å². The highest BCUT2D eigenvalue weighted by Crippen LogP contribution is 2.47. The van der Waals surface area contributed by atoms with Crippen LogP contribution in [0.4, 0.5) is 5.69 Å². The molecule has 4 aromatic rings. The van der Waals surface area contributed by atoms with Crippen LogP contribution in [0.5, 0.6) is 11.5 Å². The van der Waals surface area contributed by atoms with Gasteiger partial charge in [-0.3, -0.25) is 0 Å².